The summed E-state index contributed by atoms with van der Waals surface area (Å²) >= 11 is 0. The molecular weight excluding hydrogens is 364 g/mol. The van der Waals surface area contributed by atoms with Crippen LogP contribution >= 0.6 is 0 Å². The monoisotopic (exact) mass is 387 g/mol. The second kappa shape index (κ2) is 7.58. The lowest BCUT2D eigenvalue weighted by Gasteiger charge is -2.37. The summed E-state index contributed by atoms with van der Waals surface area (Å²) < 4.78 is 53.2. The molecule has 2 fully saturated rings. The fourth-order valence-electron chi connectivity index (χ4n) is 3.59. The van der Waals surface area contributed by atoms with Crippen molar-refractivity contribution >= 4 is 15.9 Å². The van der Waals surface area contributed by atoms with Crippen LogP contribution in [0.25, 0.3) is 0 Å². The van der Waals surface area contributed by atoms with Crippen LogP contribution in [0.2, 0.25) is 0 Å². The summed E-state index contributed by atoms with van der Waals surface area (Å²) in [5.41, 5.74) is 0. The number of benzene rings is 1. The molecule has 6 nitrogen and oxygen atoms in total. The van der Waals surface area contributed by atoms with Crippen molar-refractivity contribution < 1.29 is 22.0 Å². The minimum absolute atomic E-state index is 0.0380. The summed E-state index contributed by atoms with van der Waals surface area (Å²) in [6.07, 6.45) is 1.56. The molecular formula is C17H23F2N3O3S. The van der Waals surface area contributed by atoms with E-state index in [4.69, 9.17) is 0 Å². The van der Waals surface area contributed by atoms with E-state index in [1.165, 1.54) is 0 Å². The lowest BCUT2D eigenvalue weighted by atomic mass is 9.92. The molecule has 26 heavy (non-hydrogen) atoms. The first-order valence-electron chi connectivity index (χ1n) is 8.76. The van der Waals surface area contributed by atoms with Gasteiger partial charge in [0.2, 0.25) is 15.9 Å². The summed E-state index contributed by atoms with van der Waals surface area (Å²) in [6.45, 7) is 3.60. The van der Waals surface area contributed by atoms with Crippen LogP contribution in [-0.2, 0) is 14.8 Å². The molecule has 2 atom stereocenters. The van der Waals surface area contributed by atoms with Crippen molar-refractivity contribution in [3.8, 4) is 0 Å². The van der Waals surface area contributed by atoms with Crippen molar-refractivity contribution in [2.45, 2.75) is 30.7 Å². The number of piperazine rings is 1. The van der Waals surface area contributed by atoms with Gasteiger partial charge in [0.05, 0.1) is 0 Å². The molecule has 0 aliphatic carbocycles. The third-order valence-corrected chi connectivity index (χ3v) is 6.97. The lowest BCUT2D eigenvalue weighted by molar-refractivity contribution is -0.137. The van der Waals surface area contributed by atoms with Gasteiger partial charge in [-0.1, -0.05) is 0 Å². The zero-order chi connectivity index (χ0) is 18.9. The Kier molecular flexibility index (Phi) is 5.59. The summed E-state index contributed by atoms with van der Waals surface area (Å²) in [4.78, 5) is 13.8. The zero-order valence-corrected chi connectivity index (χ0v) is 15.4. The van der Waals surface area contributed by atoms with Crippen molar-refractivity contribution in [3.63, 3.8) is 0 Å². The summed E-state index contributed by atoms with van der Waals surface area (Å²) in [6, 6.07) is 2.72. The van der Waals surface area contributed by atoms with Crippen LogP contribution in [0.4, 0.5) is 8.78 Å². The van der Waals surface area contributed by atoms with E-state index in [9.17, 15) is 22.0 Å². The average molecular weight is 387 g/mol. The number of amides is 1. The Balaban J connectivity index is 1.65. The van der Waals surface area contributed by atoms with Crippen molar-refractivity contribution in [1.29, 1.82) is 0 Å². The fourth-order valence-corrected chi connectivity index (χ4v) is 5.05. The first kappa shape index (κ1) is 19.2. The smallest absolute Gasteiger partial charge is 0.246 e. The highest BCUT2D eigenvalue weighted by Crippen LogP contribution is 2.23. The fraction of sp³-hybridized carbons (Fsp3) is 0.588. The van der Waals surface area contributed by atoms with Crippen LogP contribution < -0.4 is 5.32 Å². The van der Waals surface area contributed by atoms with Gasteiger partial charge in [-0.05, 0) is 38.4 Å². The van der Waals surface area contributed by atoms with E-state index in [0.717, 1.165) is 35.8 Å². The van der Waals surface area contributed by atoms with E-state index in [1.54, 1.807) is 4.90 Å². The van der Waals surface area contributed by atoms with E-state index in [-0.39, 0.29) is 38.0 Å². The molecule has 0 spiro atoms. The first-order chi connectivity index (χ1) is 12.3. The molecule has 0 saturated carbocycles. The highest BCUT2D eigenvalue weighted by atomic mass is 32.2. The zero-order valence-electron chi connectivity index (χ0n) is 14.6. The Morgan fingerprint density at radius 2 is 1.88 bits per heavy atom. The van der Waals surface area contributed by atoms with Crippen LogP contribution in [0.5, 0.6) is 0 Å². The molecule has 0 radical (unpaired) electrons. The number of nitrogens with one attached hydrogen (secondary N) is 1. The Bertz CT molecular complexity index is 779. The molecule has 9 heteroatoms. The van der Waals surface area contributed by atoms with Gasteiger partial charge in [0.25, 0.3) is 0 Å². The van der Waals surface area contributed by atoms with Gasteiger partial charge in [-0.3, -0.25) is 4.79 Å². The summed E-state index contributed by atoms with van der Waals surface area (Å²) in [7, 11) is -4.05. The first-order valence-corrected chi connectivity index (χ1v) is 10.2. The molecule has 0 aromatic heterocycles. The van der Waals surface area contributed by atoms with Gasteiger partial charge in [0.1, 0.15) is 16.5 Å². The predicted octanol–water partition coefficient (Wildman–Crippen LogP) is 1.19. The third kappa shape index (κ3) is 3.89. The molecule has 2 aliphatic heterocycles. The Morgan fingerprint density at radius 3 is 2.50 bits per heavy atom. The maximum atomic E-state index is 13.9. The topological polar surface area (TPSA) is 69.7 Å². The van der Waals surface area contributed by atoms with E-state index in [2.05, 4.69) is 5.32 Å². The van der Waals surface area contributed by atoms with Gasteiger partial charge in [0, 0.05) is 44.2 Å². The van der Waals surface area contributed by atoms with Crippen molar-refractivity contribution in [1.82, 2.24) is 14.5 Å². The van der Waals surface area contributed by atoms with E-state index in [1.807, 2.05) is 6.92 Å². The number of halogens is 2. The molecule has 2 aliphatic rings. The number of sulfonamides is 1. The van der Waals surface area contributed by atoms with Gasteiger partial charge in [-0.2, -0.15) is 4.31 Å². The van der Waals surface area contributed by atoms with Crippen LogP contribution in [0.15, 0.2) is 23.1 Å². The molecule has 0 unspecified atom stereocenters. The largest absolute Gasteiger partial charge is 0.340 e. The third-order valence-electron chi connectivity index (χ3n) is 5.03. The minimum Gasteiger partial charge on any atom is -0.340 e. The maximum absolute atomic E-state index is 13.9. The number of nitrogens with zero attached hydrogens (tertiary/aromatic N) is 2. The van der Waals surface area contributed by atoms with Crippen LogP contribution in [0.1, 0.15) is 19.8 Å². The van der Waals surface area contributed by atoms with Crippen LogP contribution in [0.3, 0.4) is 0 Å². The normalized spacial score (nSPS) is 25.3. The van der Waals surface area contributed by atoms with Crippen LogP contribution in [-0.4, -0.2) is 62.3 Å². The lowest BCUT2D eigenvalue weighted by Crippen LogP contribution is -2.53. The summed E-state index contributed by atoms with van der Waals surface area (Å²) in [5.74, 6) is -1.91. The van der Waals surface area contributed by atoms with Gasteiger partial charge >= 0.3 is 0 Å². The predicted molar refractivity (Wildman–Crippen MR) is 91.9 cm³/mol. The molecule has 1 aromatic rings. The van der Waals surface area contributed by atoms with Crippen molar-refractivity contribution in [3.05, 3.63) is 29.8 Å². The molecule has 144 valence electrons. The molecule has 1 N–H and O–H groups in total. The van der Waals surface area contributed by atoms with Crippen molar-refractivity contribution in [2.24, 2.45) is 5.92 Å². The number of hydrogen-bond donors (Lipinski definition) is 1. The van der Waals surface area contributed by atoms with Gasteiger partial charge in [-0.15, -0.1) is 0 Å². The average Bonchev–Trinajstić information content (AvgIpc) is 2.61. The molecule has 1 aromatic carbocycles. The number of hydrogen-bond acceptors (Lipinski definition) is 4. The Morgan fingerprint density at radius 1 is 1.19 bits per heavy atom. The second-order valence-electron chi connectivity index (χ2n) is 6.88. The Labute approximate surface area is 152 Å². The molecule has 2 heterocycles. The highest BCUT2D eigenvalue weighted by molar-refractivity contribution is 7.89. The van der Waals surface area contributed by atoms with Crippen LogP contribution in [0, 0.1) is 17.6 Å². The number of piperidine rings is 1. The van der Waals surface area contributed by atoms with Gasteiger partial charge in [-0.25, -0.2) is 17.2 Å². The number of carbonyl (C=O) groups excluding carboxylic acids is 1. The Hall–Kier alpha value is -1.58. The molecule has 0 bridgehead atoms. The second-order valence-corrected chi connectivity index (χ2v) is 8.79. The number of carbonyl (C=O) groups is 1. The standard InChI is InChI=1S/C17H23F2N3O3S/c1-12-10-13(4-5-20-12)17(23)21-6-8-22(9-7-21)26(24,25)16-3-2-14(18)11-15(16)19/h2-3,11-13,20H,4-10H2,1H3/t12-,13-/m0/s1. The van der Waals surface area contributed by atoms with E-state index >= 15 is 0 Å². The van der Waals surface area contributed by atoms with Gasteiger partial charge < -0.3 is 10.2 Å². The highest BCUT2D eigenvalue weighted by Gasteiger charge is 2.34. The molecule has 3 rings (SSSR count). The SMILES string of the molecule is C[C@H]1C[C@@H](C(=O)N2CCN(S(=O)(=O)c3ccc(F)cc3F)CC2)CCN1. The van der Waals surface area contributed by atoms with E-state index < -0.39 is 26.6 Å². The number of rotatable bonds is 3. The maximum Gasteiger partial charge on any atom is 0.246 e. The quantitative estimate of drug-likeness (QED) is 0.846. The molecule has 2 saturated heterocycles. The van der Waals surface area contributed by atoms with E-state index in [0.29, 0.717) is 12.1 Å². The molecule has 1 amide bonds. The summed E-state index contributed by atoms with van der Waals surface area (Å²) in [5, 5.41) is 3.30. The minimum atomic E-state index is -4.05. The van der Waals surface area contributed by atoms with Crippen molar-refractivity contribution in [2.75, 3.05) is 32.7 Å². The van der Waals surface area contributed by atoms with Gasteiger partial charge in [0.15, 0.2) is 0 Å².